The highest BCUT2D eigenvalue weighted by atomic mass is 32.1. The Kier molecular flexibility index (Phi) is 3.95. The Morgan fingerprint density at radius 3 is 2.84 bits per heavy atom. The number of primary amides is 1. The summed E-state index contributed by atoms with van der Waals surface area (Å²) in [6, 6.07) is 11.0. The average molecular weight is 367 g/mol. The van der Waals surface area contributed by atoms with Crippen molar-refractivity contribution < 1.29 is 4.79 Å². The summed E-state index contributed by atoms with van der Waals surface area (Å²) in [5.41, 5.74) is 7.40. The zero-order chi connectivity index (χ0) is 17.4. The lowest BCUT2D eigenvalue weighted by Gasteiger charge is -2.04. The van der Waals surface area contributed by atoms with E-state index >= 15 is 0 Å². The molecule has 0 aliphatic heterocycles. The summed E-state index contributed by atoms with van der Waals surface area (Å²) in [5.74, 6) is 0.0938. The number of nitrogens with two attached hydrogens (primary N) is 1. The lowest BCUT2D eigenvalue weighted by Crippen LogP contribution is -2.13. The molecule has 0 spiro atoms. The lowest BCUT2D eigenvalue weighted by atomic mass is 10.1. The van der Waals surface area contributed by atoms with Crippen LogP contribution in [0.3, 0.4) is 0 Å². The van der Waals surface area contributed by atoms with Crippen molar-refractivity contribution in [1.82, 2.24) is 9.97 Å². The second-order valence-electron chi connectivity index (χ2n) is 5.56. The molecule has 4 rings (SSSR count). The summed E-state index contributed by atoms with van der Waals surface area (Å²) in [7, 11) is 0. The Morgan fingerprint density at radius 1 is 1.20 bits per heavy atom. The van der Waals surface area contributed by atoms with Crippen LogP contribution in [0.15, 0.2) is 52.0 Å². The minimum Gasteiger partial charge on any atom is -0.366 e. The molecule has 0 radical (unpaired) electrons. The molecule has 0 saturated carbocycles. The van der Waals surface area contributed by atoms with Gasteiger partial charge in [-0.1, -0.05) is 18.2 Å². The van der Waals surface area contributed by atoms with Crippen LogP contribution in [-0.2, 0) is 6.42 Å². The van der Waals surface area contributed by atoms with E-state index in [-0.39, 0.29) is 5.56 Å². The first-order valence-electron chi connectivity index (χ1n) is 7.55. The number of carbonyl (C=O) groups excluding carboxylic acids is 1. The number of nitrogens with one attached hydrogen (secondary N) is 1. The van der Waals surface area contributed by atoms with Gasteiger partial charge in [-0.15, -0.1) is 22.7 Å². The number of rotatable bonds is 4. The number of fused-ring (bicyclic) bond motifs is 1. The maximum absolute atomic E-state index is 12.6. The number of amides is 1. The van der Waals surface area contributed by atoms with Gasteiger partial charge in [-0.05, 0) is 29.1 Å². The zero-order valence-corrected chi connectivity index (χ0v) is 14.6. The highest BCUT2D eigenvalue weighted by Gasteiger charge is 2.14. The van der Waals surface area contributed by atoms with Gasteiger partial charge in [0.15, 0.2) is 0 Å². The second kappa shape index (κ2) is 6.27. The zero-order valence-electron chi connectivity index (χ0n) is 13.0. The Morgan fingerprint density at radius 2 is 2.08 bits per heavy atom. The number of thiophene rings is 2. The molecule has 0 atom stereocenters. The fourth-order valence-electron chi connectivity index (χ4n) is 2.72. The highest BCUT2D eigenvalue weighted by molar-refractivity contribution is 7.18. The smallest absolute Gasteiger partial charge is 0.260 e. The number of hydrogen-bond donors (Lipinski definition) is 2. The summed E-state index contributed by atoms with van der Waals surface area (Å²) in [5, 5.41) is 4.58. The van der Waals surface area contributed by atoms with Crippen LogP contribution in [0, 0.1) is 0 Å². The molecule has 4 aromatic rings. The fraction of sp³-hybridized carbons (Fsp3) is 0.0556. The monoisotopic (exact) mass is 367 g/mol. The number of carbonyl (C=O) groups is 1. The van der Waals surface area contributed by atoms with Crippen molar-refractivity contribution in [2.24, 2.45) is 5.73 Å². The SMILES string of the molecule is NC(=O)c1cccc(Cc2nc3scc(-c4cccs4)c3c(=O)[nH]2)c1. The maximum atomic E-state index is 12.6. The van der Waals surface area contributed by atoms with E-state index in [4.69, 9.17) is 5.73 Å². The van der Waals surface area contributed by atoms with Gasteiger partial charge in [0.25, 0.3) is 5.56 Å². The highest BCUT2D eigenvalue weighted by Crippen LogP contribution is 2.33. The van der Waals surface area contributed by atoms with Crippen LogP contribution in [0.2, 0.25) is 0 Å². The normalized spacial score (nSPS) is 11.0. The van der Waals surface area contributed by atoms with Gasteiger partial charge in [0.1, 0.15) is 10.7 Å². The molecule has 0 bridgehead atoms. The minimum atomic E-state index is -0.474. The van der Waals surface area contributed by atoms with E-state index in [1.165, 1.54) is 11.3 Å². The van der Waals surface area contributed by atoms with Gasteiger partial charge in [0, 0.05) is 27.8 Å². The summed E-state index contributed by atoms with van der Waals surface area (Å²) in [6.07, 6.45) is 0.429. The van der Waals surface area contributed by atoms with Gasteiger partial charge in [-0.3, -0.25) is 9.59 Å². The number of aromatic amines is 1. The van der Waals surface area contributed by atoms with Gasteiger partial charge in [0.05, 0.1) is 5.39 Å². The molecule has 0 aliphatic carbocycles. The molecule has 3 N–H and O–H groups in total. The number of H-pyrrole nitrogens is 1. The Bertz CT molecular complexity index is 1130. The quantitative estimate of drug-likeness (QED) is 0.579. The molecular formula is C18H13N3O2S2. The fourth-order valence-corrected chi connectivity index (χ4v) is 4.50. The molecule has 124 valence electrons. The van der Waals surface area contributed by atoms with Crippen LogP contribution >= 0.6 is 22.7 Å². The largest absolute Gasteiger partial charge is 0.366 e. The van der Waals surface area contributed by atoms with Crippen molar-refractivity contribution in [2.45, 2.75) is 6.42 Å². The van der Waals surface area contributed by atoms with E-state index in [0.717, 1.165) is 16.0 Å². The molecule has 0 fully saturated rings. The van der Waals surface area contributed by atoms with E-state index in [0.29, 0.717) is 28.0 Å². The third-order valence-electron chi connectivity index (χ3n) is 3.86. The van der Waals surface area contributed by atoms with Crippen LogP contribution < -0.4 is 11.3 Å². The van der Waals surface area contributed by atoms with Gasteiger partial charge in [0.2, 0.25) is 5.91 Å². The standard InChI is InChI=1S/C18H13N3O2S2/c19-16(22)11-4-1-3-10(7-11)8-14-20-17(23)15-12(9-25-18(15)21-14)13-5-2-6-24-13/h1-7,9H,8H2,(H2,19,22)(H,20,21,23). The number of hydrogen-bond acceptors (Lipinski definition) is 5. The number of nitrogens with zero attached hydrogens (tertiary/aromatic N) is 1. The van der Waals surface area contributed by atoms with E-state index in [9.17, 15) is 9.59 Å². The molecule has 7 heteroatoms. The van der Waals surface area contributed by atoms with Crippen molar-refractivity contribution in [3.05, 3.63) is 74.5 Å². The van der Waals surface area contributed by atoms with Crippen molar-refractivity contribution in [3.63, 3.8) is 0 Å². The van der Waals surface area contributed by atoms with Crippen LogP contribution in [-0.4, -0.2) is 15.9 Å². The van der Waals surface area contributed by atoms with Crippen molar-refractivity contribution in [2.75, 3.05) is 0 Å². The summed E-state index contributed by atoms with van der Waals surface area (Å²) in [4.78, 5) is 33.1. The minimum absolute atomic E-state index is 0.143. The Labute approximate surface area is 150 Å². The molecule has 1 aromatic carbocycles. The van der Waals surface area contributed by atoms with Gasteiger partial charge in [-0.2, -0.15) is 0 Å². The van der Waals surface area contributed by atoms with Crippen LogP contribution in [0.1, 0.15) is 21.7 Å². The first-order chi connectivity index (χ1) is 12.1. The van der Waals surface area contributed by atoms with Gasteiger partial charge in [-0.25, -0.2) is 4.98 Å². The molecule has 3 heterocycles. The van der Waals surface area contributed by atoms with E-state index < -0.39 is 5.91 Å². The summed E-state index contributed by atoms with van der Waals surface area (Å²) >= 11 is 3.06. The molecule has 25 heavy (non-hydrogen) atoms. The van der Waals surface area contributed by atoms with Gasteiger partial charge < -0.3 is 10.7 Å². The van der Waals surface area contributed by atoms with Crippen molar-refractivity contribution in [3.8, 4) is 10.4 Å². The molecule has 0 aliphatic rings. The predicted octanol–water partition coefficient (Wildman–Crippen LogP) is 3.40. The molecule has 3 aromatic heterocycles. The lowest BCUT2D eigenvalue weighted by molar-refractivity contribution is 0.1000. The van der Waals surface area contributed by atoms with Crippen molar-refractivity contribution in [1.29, 1.82) is 0 Å². The molecule has 0 saturated heterocycles. The molecular weight excluding hydrogens is 354 g/mol. The number of benzene rings is 1. The molecule has 5 nitrogen and oxygen atoms in total. The third-order valence-corrected chi connectivity index (χ3v) is 5.64. The second-order valence-corrected chi connectivity index (χ2v) is 7.37. The van der Waals surface area contributed by atoms with E-state index in [2.05, 4.69) is 9.97 Å². The summed E-state index contributed by atoms with van der Waals surface area (Å²) in [6.45, 7) is 0. The molecule has 1 amide bonds. The first kappa shape index (κ1) is 15.7. The summed E-state index contributed by atoms with van der Waals surface area (Å²) < 4.78 is 0. The third kappa shape index (κ3) is 2.99. The van der Waals surface area contributed by atoms with E-state index in [1.54, 1.807) is 29.5 Å². The number of aromatic nitrogens is 2. The van der Waals surface area contributed by atoms with Crippen LogP contribution in [0.25, 0.3) is 20.7 Å². The van der Waals surface area contributed by atoms with E-state index in [1.807, 2.05) is 29.0 Å². The van der Waals surface area contributed by atoms with Crippen molar-refractivity contribution >= 4 is 38.8 Å². The topological polar surface area (TPSA) is 88.8 Å². The Hall–Kier alpha value is -2.77. The van der Waals surface area contributed by atoms with Crippen LogP contribution in [0.5, 0.6) is 0 Å². The Balaban J connectivity index is 1.74. The predicted molar refractivity (Wildman–Crippen MR) is 101 cm³/mol. The first-order valence-corrected chi connectivity index (χ1v) is 9.31. The van der Waals surface area contributed by atoms with Gasteiger partial charge >= 0.3 is 0 Å². The maximum Gasteiger partial charge on any atom is 0.260 e. The average Bonchev–Trinajstić information content (AvgIpc) is 3.24. The molecule has 0 unspecified atom stereocenters. The van der Waals surface area contributed by atoms with Crippen LogP contribution in [0.4, 0.5) is 0 Å².